The molecule has 160 valence electrons. The van der Waals surface area contributed by atoms with Gasteiger partial charge in [0.15, 0.2) is 0 Å². The van der Waals surface area contributed by atoms with Gasteiger partial charge in [-0.15, -0.1) is 11.3 Å². The van der Waals surface area contributed by atoms with Gasteiger partial charge in [-0.3, -0.25) is 19.8 Å². The molecule has 3 aromatic rings. The highest BCUT2D eigenvalue weighted by molar-refractivity contribution is 7.13. The predicted octanol–water partition coefficient (Wildman–Crippen LogP) is 3.68. The van der Waals surface area contributed by atoms with Crippen LogP contribution < -0.4 is 4.74 Å². The molecule has 2 heterocycles. The summed E-state index contributed by atoms with van der Waals surface area (Å²) in [5, 5.41) is 13.6. The first-order valence-corrected chi connectivity index (χ1v) is 10.8. The topological polar surface area (TPSA) is 88.8 Å². The Bertz CT molecular complexity index is 1080. The Hall–Kier alpha value is -3.30. The van der Waals surface area contributed by atoms with Crippen molar-refractivity contribution in [2.45, 2.75) is 6.54 Å². The van der Waals surface area contributed by atoms with Crippen LogP contribution in [0.4, 0.5) is 5.69 Å². The number of nitro groups is 1. The Morgan fingerprint density at radius 2 is 1.90 bits per heavy atom. The van der Waals surface area contributed by atoms with E-state index in [9.17, 15) is 14.9 Å². The fraction of sp³-hybridized carbons (Fsp3) is 0.273. The third-order valence-electron chi connectivity index (χ3n) is 5.25. The highest BCUT2D eigenvalue weighted by atomic mass is 32.1. The number of thiazole rings is 1. The van der Waals surface area contributed by atoms with Crippen LogP contribution in [-0.2, 0) is 6.54 Å². The Morgan fingerprint density at radius 1 is 1.16 bits per heavy atom. The van der Waals surface area contributed by atoms with Crippen molar-refractivity contribution in [2.24, 2.45) is 0 Å². The van der Waals surface area contributed by atoms with Crippen LogP contribution in [0, 0.1) is 10.1 Å². The van der Waals surface area contributed by atoms with Crippen molar-refractivity contribution in [1.82, 2.24) is 14.8 Å². The van der Waals surface area contributed by atoms with Crippen LogP contribution in [0.25, 0.3) is 10.6 Å². The molecule has 0 aliphatic carbocycles. The number of methoxy groups -OCH3 is 1. The van der Waals surface area contributed by atoms with Crippen LogP contribution in [0.2, 0.25) is 0 Å². The van der Waals surface area contributed by atoms with Crippen LogP contribution in [0.15, 0.2) is 53.9 Å². The summed E-state index contributed by atoms with van der Waals surface area (Å²) in [4.78, 5) is 32.0. The molecule has 1 fully saturated rings. The smallest absolute Gasteiger partial charge is 0.273 e. The summed E-state index contributed by atoms with van der Waals surface area (Å²) >= 11 is 1.45. The van der Waals surface area contributed by atoms with Crippen molar-refractivity contribution in [3.8, 4) is 16.3 Å². The molecule has 31 heavy (non-hydrogen) atoms. The molecule has 0 atom stereocenters. The van der Waals surface area contributed by atoms with Crippen molar-refractivity contribution in [2.75, 3.05) is 33.3 Å². The van der Waals surface area contributed by atoms with E-state index in [4.69, 9.17) is 4.74 Å². The van der Waals surface area contributed by atoms with E-state index in [0.29, 0.717) is 38.4 Å². The number of piperazine rings is 1. The molecule has 2 aromatic carbocycles. The minimum absolute atomic E-state index is 0.0639. The van der Waals surface area contributed by atoms with Crippen LogP contribution >= 0.6 is 11.3 Å². The number of carbonyl (C=O) groups excluding carboxylic acids is 1. The molecule has 0 radical (unpaired) electrons. The maximum absolute atomic E-state index is 12.9. The molecule has 1 aliphatic rings. The van der Waals surface area contributed by atoms with Gasteiger partial charge < -0.3 is 9.64 Å². The van der Waals surface area contributed by atoms with Gasteiger partial charge in [0.1, 0.15) is 16.5 Å². The number of carbonyl (C=O) groups is 1. The Balaban J connectivity index is 1.34. The highest BCUT2D eigenvalue weighted by Gasteiger charge is 2.24. The zero-order valence-corrected chi connectivity index (χ0v) is 17.9. The summed E-state index contributed by atoms with van der Waals surface area (Å²) < 4.78 is 5.18. The number of hydrogen-bond acceptors (Lipinski definition) is 7. The third-order valence-corrected chi connectivity index (χ3v) is 6.14. The fourth-order valence-corrected chi connectivity index (χ4v) is 4.34. The van der Waals surface area contributed by atoms with E-state index in [0.717, 1.165) is 21.9 Å². The first-order chi connectivity index (χ1) is 15.0. The highest BCUT2D eigenvalue weighted by Crippen LogP contribution is 2.26. The molecule has 1 aliphatic heterocycles. The first-order valence-electron chi connectivity index (χ1n) is 9.88. The average molecular weight is 439 g/mol. The zero-order chi connectivity index (χ0) is 21.8. The molecule has 9 heteroatoms. The lowest BCUT2D eigenvalue weighted by molar-refractivity contribution is -0.384. The average Bonchev–Trinajstić information content (AvgIpc) is 3.30. The molecule has 1 amide bonds. The van der Waals surface area contributed by atoms with Crippen molar-refractivity contribution in [3.05, 3.63) is 75.3 Å². The molecule has 1 saturated heterocycles. The van der Waals surface area contributed by atoms with Gasteiger partial charge in [0.2, 0.25) is 0 Å². The number of rotatable bonds is 6. The standard InChI is InChI=1S/C22H22N4O4S/c1-30-19-7-5-17(6-8-19)21-23-20(15-31-21)22(27)25-11-9-24(10-12-25)14-16-3-2-4-18(13-16)26(28)29/h2-8,13,15H,9-12,14H2,1H3. The van der Waals surface area contributed by atoms with Gasteiger partial charge in [-0.25, -0.2) is 4.98 Å². The van der Waals surface area contributed by atoms with E-state index < -0.39 is 0 Å². The fourth-order valence-electron chi connectivity index (χ4n) is 3.54. The minimum atomic E-state index is -0.381. The molecule has 8 nitrogen and oxygen atoms in total. The van der Waals surface area contributed by atoms with E-state index >= 15 is 0 Å². The number of nitrogens with zero attached hydrogens (tertiary/aromatic N) is 4. The monoisotopic (exact) mass is 438 g/mol. The van der Waals surface area contributed by atoms with Gasteiger partial charge in [0.05, 0.1) is 12.0 Å². The number of non-ortho nitro benzene ring substituents is 1. The second-order valence-electron chi connectivity index (χ2n) is 7.26. The van der Waals surface area contributed by atoms with Gasteiger partial charge >= 0.3 is 0 Å². The molecule has 1 aromatic heterocycles. The van der Waals surface area contributed by atoms with Crippen molar-refractivity contribution in [1.29, 1.82) is 0 Å². The normalized spacial score (nSPS) is 14.4. The molecular formula is C22H22N4O4S. The number of aromatic nitrogens is 1. The molecule has 0 spiro atoms. The predicted molar refractivity (Wildman–Crippen MR) is 118 cm³/mol. The van der Waals surface area contributed by atoms with E-state index in [1.807, 2.05) is 35.2 Å². The van der Waals surface area contributed by atoms with Gasteiger partial charge in [-0.1, -0.05) is 12.1 Å². The van der Waals surface area contributed by atoms with E-state index in [-0.39, 0.29) is 16.5 Å². The largest absolute Gasteiger partial charge is 0.497 e. The summed E-state index contributed by atoms with van der Waals surface area (Å²) in [5.41, 5.74) is 2.41. The maximum atomic E-state index is 12.9. The lowest BCUT2D eigenvalue weighted by Crippen LogP contribution is -2.48. The summed E-state index contributed by atoms with van der Waals surface area (Å²) in [5.74, 6) is 0.714. The summed E-state index contributed by atoms with van der Waals surface area (Å²) in [6, 6.07) is 14.3. The second-order valence-corrected chi connectivity index (χ2v) is 8.12. The van der Waals surface area contributed by atoms with Gasteiger partial charge in [-0.2, -0.15) is 0 Å². The molecule has 4 rings (SSSR count). The van der Waals surface area contributed by atoms with Crippen LogP contribution in [0.1, 0.15) is 16.1 Å². The summed E-state index contributed by atoms with van der Waals surface area (Å²) in [7, 11) is 1.62. The van der Waals surface area contributed by atoms with E-state index in [1.54, 1.807) is 24.6 Å². The number of hydrogen-bond donors (Lipinski definition) is 0. The minimum Gasteiger partial charge on any atom is -0.497 e. The van der Waals surface area contributed by atoms with Crippen LogP contribution in [0.3, 0.4) is 0 Å². The van der Waals surface area contributed by atoms with Gasteiger partial charge in [0, 0.05) is 55.8 Å². The number of ether oxygens (including phenoxy) is 1. The SMILES string of the molecule is COc1ccc(-c2nc(C(=O)N3CCN(Cc4cccc([N+](=O)[O-])c4)CC3)cs2)cc1. The van der Waals surface area contributed by atoms with Crippen LogP contribution in [0.5, 0.6) is 5.75 Å². The number of benzene rings is 2. The summed E-state index contributed by atoms with van der Waals surface area (Å²) in [6.45, 7) is 3.25. The molecule has 0 bridgehead atoms. The quantitative estimate of drug-likeness (QED) is 0.431. The molecule has 0 unspecified atom stereocenters. The lowest BCUT2D eigenvalue weighted by Gasteiger charge is -2.34. The number of amides is 1. The maximum Gasteiger partial charge on any atom is 0.273 e. The first kappa shape index (κ1) is 21.0. The molecule has 0 N–H and O–H groups in total. The van der Waals surface area contributed by atoms with Crippen LogP contribution in [-0.4, -0.2) is 58.9 Å². The van der Waals surface area contributed by atoms with Crippen molar-refractivity contribution in [3.63, 3.8) is 0 Å². The molecule has 0 saturated carbocycles. The van der Waals surface area contributed by atoms with Crippen molar-refractivity contribution >= 4 is 22.9 Å². The number of nitro benzene ring substituents is 1. The zero-order valence-electron chi connectivity index (χ0n) is 17.1. The lowest BCUT2D eigenvalue weighted by atomic mass is 10.1. The molecular weight excluding hydrogens is 416 g/mol. The third kappa shape index (κ3) is 4.89. The van der Waals surface area contributed by atoms with E-state index in [1.165, 1.54) is 17.4 Å². The Labute approximate surface area is 183 Å². The van der Waals surface area contributed by atoms with E-state index in [2.05, 4.69) is 9.88 Å². The van der Waals surface area contributed by atoms with Crippen molar-refractivity contribution < 1.29 is 14.5 Å². The summed E-state index contributed by atoms with van der Waals surface area (Å²) in [6.07, 6.45) is 0. The second kappa shape index (κ2) is 9.23. The van der Waals surface area contributed by atoms with Gasteiger partial charge in [0.25, 0.3) is 11.6 Å². The Kier molecular flexibility index (Phi) is 6.24. The van der Waals surface area contributed by atoms with Gasteiger partial charge in [-0.05, 0) is 29.8 Å². The Morgan fingerprint density at radius 3 is 2.58 bits per heavy atom.